The Balaban J connectivity index is 1.19. The van der Waals surface area contributed by atoms with Crippen LogP contribution >= 0.6 is 0 Å². The van der Waals surface area contributed by atoms with Gasteiger partial charge < -0.3 is 24.6 Å². The molecule has 0 radical (unpaired) electrons. The molecule has 2 saturated carbocycles. The van der Waals surface area contributed by atoms with Crippen LogP contribution in [0.25, 0.3) is 22.2 Å². The van der Waals surface area contributed by atoms with Gasteiger partial charge in [-0.15, -0.1) is 0 Å². The summed E-state index contributed by atoms with van der Waals surface area (Å²) in [6, 6.07) is 15.9. The zero-order valence-corrected chi connectivity index (χ0v) is 29.2. The summed E-state index contributed by atoms with van der Waals surface area (Å²) in [6.07, 6.45) is 8.22. The van der Waals surface area contributed by atoms with Gasteiger partial charge in [-0.25, -0.2) is 18.2 Å². The molecule has 2 aromatic carbocycles. The number of hydrogen-bond donors (Lipinski definition) is 2. The van der Waals surface area contributed by atoms with Crippen LogP contribution in [0.2, 0.25) is 0 Å². The van der Waals surface area contributed by atoms with Gasteiger partial charge in [-0.2, -0.15) is 0 Å². The third-order valence-corrected chi connectivity index (χ3v) is 12.0. The molecule has 2 aliphatic heterocycles. The van der Waals surface area contributed by atoms with E-state index in [1.165, 1.54) is 4.90 Å². The Morgan fingerprint density at radius 2 is 1.86 bits per heavy atom. The fourth-order valence-electron chi connectivity index (χ4n) is 7.01. The summed E-state index contributed by atoms with van der Waals surface area (Å²) < 4.78 is 39.9. The number of ether oxygens (including phenoxy) is 2. The van der Waals surface area contributed by atoms with Crippen LogP contribution in [0, 0.1) is 5.92 Å². The van der Waals surface area contributed by atoms with Crippen molar-refractivity contribution in [2.75, 3.05) is 27.2 Å². The highest BCUT2D eigenvalue weighted by Gasteiger charge is 2.62. The summed E-state index contributed by atoms with van der Waals surface area (Å²) in [6.45, 7) is 0.671. The molecule has 4 aliphatic rings. The zero-order valence-electron chi connectivity index (χ0n) is 28.3. The molecule has 0 bridgehead atoms. The van der Waals surface area contributed by atoms with Crippen LogP contribution in [-0.2, 0) is 19.6 Å². The Labute approximate surface area is 292 Å². The first kappa shape index (κ1) is 33.8. The topological polar surface area (TPSA) is 147 Å². The molecule has 3 fully saturated rings. The third kappa shape index (κ3) is 6.87. The lowest BCUT2D eigenvalue weighted by Gasteiger charge is -2.30. The molecular weight excluding hydrogens is 659 g/mol. The van der Waals surface area contributed by atoms with Crippen LogP contribution in [0.1, 0.15) is 51.4 Å². The van der Waals surface area contributed by atoms with Crippen molar-refractivity contribution in [3.8, 4) is 22.8 Å². The van der Waals surface area contributed by atoms with Crippen LogP contribution in [-0.4, -0.2) is 91.2 Å². The molecule has 1 saturated heterocycles. The second-order valence-corrected chi connectivity index (χ2v) is 15.8. The van der Waals surface area contributed by atoms with Gasteiger partial charge in [0.2, 0.25) is 15.9 Å². The van der Waals surface area contributed by atoms with Crippen molar-refractivity contribution in [2.45, 2.75) is 74.3 Å². The molecule has 0 unspecified atom stereocenters. The number of rotatable bonds is 7. The van der Waals surface area contributed by atoms with E-state index in [9.17, 15) is 22.8 Å². The molecule has 12 nitrogen and oxygen atoms in total. The van der Waals surface area contributed by atoms with Crippen molar-refractivity contribution in [1.29, 1.82) is 0 Å². The minimum atomic E-state index is -3.83. The van der Waals surface area contributed by atoms with Crippen molar-refractivity contribution >= 4 is 38.8 Å². The fourth-order valence-corrected chi connectivity index (χ4v) is 8.37. The SMILES string of the molecule is COc1ccc2c(O[C@@H]3C[C@H]4C(=O)N[C@]5(C(=O)NS(=O)(=O)C6CC6)C[C@H]5/C=C\CCCCCN(C)C(=O)N4C3)cc(-c3ccccc3)nc2c1. The van der Waals surface area contributed by atoms with Crippen LogP contribution in [0.5, 0.6) is 11.5 Å². The van der Waals surface area contributed by atoms with Crippen LogP contribution in [0.4, 0.5) is 4.79 Å². The van der Waals surface area contributed by atoms with Gasteiger partial charge in [0.05, 0.1) is 30.1 Å². The van der Waals surface area contributed by atoms with E-state index >= 15 is 0 Å². The maximum Gasteiger partial charge on any atom is 0.320 e. The smallest absolute Gasteiger partial charge is 0.320 e. The van der Waals surface area contributed by atoms with E-state index in [0.29, 0.717) is 42.1 Å². The monoisotopic (exact) mass is 701 g/mol. The number of carbonyl (C=O) groups is 3. The first-order valence-electron chi connectivity index (χ1n) is 17.4. The van der Waals surface area contributed by atoms with Gasteiger partial charge in [0.25, 0.3) is 5.91 Å². The normalized spacial score (nSPS) is 26.6. The van der Waals surface area contributed by atoms with E-state index in [4.69, 9.17) is 14.5 Å². The van der Waals surface area contributed by atoms with Crippen LogP contribution in [0.3, 0.4) is 0 Å². The van der Waals surface area contributed by atoms with Gasteiger partial charge in [-0.05, 0) is 50.7 Å². The first-order valence-corrected chi connectivity index (χ1v) is 18.9. The number of pyridine rings is 1. The molecule has 7 rings (SSSR count). The number of aromatic nitrogens is 1. The number of methoxy groups -OCH3 is 1. The predicted molar refractivity (Wildman–Crippen MR) is 188 cm³/mol. The van der Waals surface area contributed by atoms with E-state index in [1.807, 2.05) is 66.7 Å². The van der Waals surface area contributed by atoms with Gasteiger partial charge in [0.15, 0.2) is 0 Å². The summed E-state index contributed by atoms with van der Waals surface area (Å²) in [5.41, 5.74) is 0.853. The number of hydrogen-bond acceptors (Lipinski definition) is 8. The Bertz CT molecular complexity index is 1930. The fraction of sp³-hybridized carbons (Fsp3) is 0.459. The number of amides is 4. The number of fused-ring (bicyclic) bond motifs is 3. The van der Waals surface area contributed by atoms with E-state index in [1.54, 1.807) is 19.1 Å². The maximum atomic E-state index is 14.2. The van der Waals surface area contributed by atoms with Crippen molar-refractivity contribution < 1.29 is 32.3 Å². The van der Waals surface area contributed by atoms with E-state index < -0.39 is 44.8 Å². The van der Waals surface area contributed by atoms with Crippen molar-refractivity contribution in [2.24, 2.45) is 5.92 Å². The Morgan fingerprint density at radius 1 is 1.06 bits per heavy atom. The van der Waals surface area contributed by atoms with Crippen LogP contribution < -0.4 is 19.5 Å². The predicted octanol–water partition coefficient (Wildman–Crippen LogP) is 4.40. The first-order chi connectivity index (χ1) is 24.1. The summed E-state index contributed by atoms with van der Waals surface area (Å²) in [7, 11) is -0.507. The molecular formula is C37H43N5O7S. The number of allylic oxidation sites excluding steroid dienone is 1. The highest BCUT2D eigenvalue weighted by atomic mass is 32.2. The molecule has 13 heteroatoms. The maximum absolute atomic E-state index is 14.2. The Morgan fingerprint density at radius 3 is 2.62 bits per heavy atom. The largest absolute Gasteiger partial charge is 0.497 e. The molecule has 4 amide bonds. The quantitative estimate of drug-likeness (QED) is 0.345. The molecule has 1 aromatic heterocycles. The molecule has 2 aliphatic carbocycles. The van der Waals surface area contributed by atoms with Crippen molar-refractivity contribution in [1.82, 2.24) is 24.8 Å². The number of nitrogens with one attached hydrogen (secondary N) is 2. The molecule has 2 N–H and O–H groups in total. The van der Waals surface area contributed by atoms with Crippen molar-refractivity contribution in [3.05, 3.63) is 66.7 Å². The van der Waals surface area contributed by atoms with Gasteiger partial charge in [0.1, 0.15) is 29.2 Å². The minimum absolute atomic E-state index is 0.139. The minimum Gasteiger partial charge on any atom is -0.497 e. The summed E-state index contributed by atoms with van der Waals surface area (Å²) in [5, 5.41) is 3.09. The number of benzene rings is 2. The number of sulfonamides is 1. The molecule has 3 aromatic rings. The average molecular weight is 702 g/mol. The lowest BCUT2D eigenvalue weighted by Crippen LogP contribution is -2.57. The molecule has 4 atom stereocenters. The second-order valence-electron chi connectivity index (χ2n) is 13.8. The molecule has 264 valence electrons. The standard InChI is InChI=1S/C37H43N5O7S/c1-41-18-10-5-3-4-9-13-25-22-37(25,35(44)40-50(46,47)28-15-16-28)39-34(43)32-20-27(23-42(32)36(41)45)49-33-21-30(24-11-7-6-8-12-24)38-31-19-26(48-2)14-17-29(31)33/h6-9,11-14,17,19,21,25,27-28,32H,3-5,10,15-16,18,20,22-23H2,1-2H3,(H,39,43)(H,40,44)/b13-9-/t25-,27-,32+,37-/m1/s1. The zero-order chi connectivity index (χ0) is 35.0. The van der Waals surface area contributed by atoms with Gasteiger partial charge in [0, 0.05) is 49.0 Å². The molecule has 0 spiro atoms. The van der Waals surface area contributed by atoms with Gasteiger partial charge >= 0.3 is 6.03 Å². The number of carbonyl (C=O) groups excluding carboxylic acids is 3. The van der Waals surface area contributed by atoms with Gasteiger partial charge in [-0.1, -0.05) is 48.9 Å². The molecule has 50 heavy (non-hydrogen) atoms. The number of nitrogens with zero attached hydrogens (tertiary/aromatic N) is 3. The average Bonchev–Trinajstić information content (AvgIpc) is 4.04. The lowest BCUT2D eigenvalue weighted by atomic mass is 10.1. The highest BCUT2D eigenvalue weighted by molar-refractivity contribution is 7.91. The summed E-state index contributed by atoms with van der Waals surface area (Å²) >= 11 is 0. The summed E-state index contributed by atoms with van der Waals surface area (Å²) in [4.78, 5) is 49.8. The lowest BCUT2D eigenvalue weighted by molar-refractivity contribution is -0.131. The highest BCUT2D eigenvalue weighted by Crippen LogP contribution is 2.46. The van der Waals surface area contributed by atoms with E-state index in [-0.39, 0.29) is 31.3 Å². The van der Waals surface area contributed by atoms with Crippen LogP contribution in [0.15, 0.2) is 66.7 Å². The number of urea groups is 1. The Hall–Kier alpha value is -4.65. The van der Waals surface area contributed by atoms with E-state index in [2.05, 4.69) is 10.0 Å². The third-order valence-electron chi connectivity index (χ3n) is 10.2. The van der Waals surface area contributed by atoms with Crippen molar-refractivity contribution in [3.63, 3.8) is 0 Å². The van der Waals surface area contributed by atoms with Gasteiger partial charge in [-0.3, -0.25) is 14.3 Å². The van der Waals surface area contributed by atoms with E-state index in [0.717, 1.165) is 36.6 Å². The molecule has 3 heterocycles. The Kier molecular flexibility index (Phi) is 9.19. The summed E-state index contributed by atoms with van der Waals surface area (Å²) in [5.74, 6) is -0.405. The second kappa shape index (κ2) is 13.6.